The van der Waals surface area contributed by atoms with Gasteiger partial charge >= 0.3 is 0 Å². The number of hydrogen-bond acceptors (Lipinski definition) is 5. The maximum Gasteiger partial charge on any atom is 0.244 e. The molecule has 7 nitrogen and oxygen atoms in total. The van der Waals surface area contributed by atoms with E-state index in [0.29, 0.717) is 17.0 Å². The topological polar surface area (TPSA) is 94.5 Å². The van der Waals surface area contributed by atoms with Crippen molar-refractivity contribution in [3.05, 3.63) is 94.8 Å². The average molecular weight is 477 g/mol. The molecule has 0 spiro atoms. The minimum atomic E-state index is -4.13. The van der Waals surface area contributed by atoms with E-state index in [2.05, 4.69) is 5.32 Å². The van der Waals surface area contributed by atoms with Gasteiger partial charge in [-0.15, -0.1) is 0 Å². The molecule has 4 aromatic rings. The van der Waals surface area contributed by atoms with Gasteiger partial charge in [0.2, 0.25) is 21.2 Å². The van der Waals surface area contributed by atoms with E-state index < -0.39 is 20.2 Å². The zero-order valence-corrected chi connectivity index (χ0v) is 19.6. The average Bonchev–Trinajstić information content (AvgIpc) is 2.86. The third-order valence-electron chi connectivity index (χ3n) is 5.57. The first-order valence-electron chi connectivity index (χ1n) is 10.7. The number of anilines is 1. The molecule has 1 heterocycles. The molecule has 0 saturated carbocycles. The smallest absolute Gasteiger partial charge is 0.244 e. The van der Waals surface area contributed by atoms with Crippen molar-refractivity contribution >= 4 is 32.3 Å². The van der Waals surface area contributed by atoms with Gasteiger partial charge in [-0.2, -0.15) is 0 Å². The Morgan fingerprint density at radius 3 is 2.29 bits per heavy atom. The lowest BCUT2D eigenvalue weighted by atomic mass is 10.1. The van der Waals surface area contributed by atoms with E-state index in [0.717, 1.165) is 12.0 Å². The number of amides is 1. The standard InChI is InChI=1S/C26H24N2O5S/c1-3-18-8-10-19(11-9-18)27-25(29)17-28-16-24(26(30)22-6-4-5-7-23(22)28)34(31,32)21-14-12-20(33-2)13-15-21/h4-16H,3,17H2,1-2H3,(H,27,29). The number of rotatable bonds is 7. The van der Waals surface area contributed by atoms with E-state index in [9.17, 15) is 18.0 Å². The summed E-state index contributed by atoms with van der Waals surface area (Å²) in [5.74, 6) is 0.157. The third-order valence-corrected chi connectivity index (χ3v) is 7.34. The Morgan fingerprint density at radius 2 is 1.65 bits per heavy atom. The summed E-state index contributed by atoms with van der Waals surface area (Å²) in [6.07, 6.45) is 2.13. The van der Waals surface area contributed by atoms with Crippen LogP contribution in [-0.4, -0.2) is 26.0 Å². The Balaban J connectivity index is 1.74. The maximum atomic E-state index is 13.3. The zero-order valence-electron chi connectivity index (χ0n) is 18.8. The number of methoxy groups -OCH3 is 1. The highest BCUT2D eigenvalue weighted by Gasteiger charge is 2.24. The highest BCUT2D eigenvalue weighted by atomic mass is 32.2. The van der Waals surface area contributed by atoms with Crippen molar-refractivity contribution < 1.29 is 17.9 Å². The Labute approximate surface area is 197 Å². The zero-order chi connectivity index (χ0) is 24.3. The van der Waals surface area contributed by atoms with Gasteiger partial charge in [0.15, 0.2) is 0 Å². The van der Waals surface area contributed by atoms with E-state index in [-0.39, 0.29) is 22.7 Å². The summed E-state index contributed by atoms with van der Waals surface area (Å²) in [4.78, 5) is 25.5. The first-order chi connectivity index (χ1) is 16.3. The van der Waals surface area contributed by atoms with Gasteiger partial charge in [-0.05, 0) is 60.5 Å². The lowest BCUT2D eigenvalue weighted by Gasteiger charge is -2.14. The van der Waals surface area contributed by atoms with Gasteiger partial charge in [-0.1, -0.05) is 31.2 Å². The second-order valence-corrected chi connectivity index (χ2v) is 9.66. The molecule has 174 valence electrons. The van der Waals surface area contributed by atoms with Gasteiger partial charge < -0.3 is 14.6 Å². The van der Waals surface area contributed by atoms with Crippen molar-refractivity contribution in [2.45, 2.75) is 29.7 Å². The van der Waals surface area contributed by atoms with Crippen molar-refractivity contribution in [2.24, 2.45) is 0 Å². The third kappa shape index (κ3) is 4.58. The number of hydrogen-bond donors (Lipinski definition) is 1. The fraction of sp³-hybridized carbons (Fsp3) is 0.154. The number of nitrogens with zero attached hydrogens (tertiary/aromatic N) is 1. The Kier molecular flexibility index (Phi) is 6.51. The summed E-state index contributed by atoms with van der Waals surface area (Å²) in [7, 11) is -2.65. The molecule has 1 amide bonds. The van der Waals surface area contributed by atoms with Crippen LogP contribution in [0.1, 0.15) is 12.5 Å². The monoisotopic (exact) mass is 476 g/mol. The molecule has 8 heteroatoms. The van der Waals surface area contributed by atoms with Gasteiger partial charge in [0.1, 0.15) is 17.2 Å². The van der Waals surface area contributed by atoms with E-state index >= 15 is 0 Å². The number of ether oxygens (including phenoxy) is 1. The highest BCUT2D eigenvalue weighted by molar-refractivity contribution is 7.91. The van der Waals surface area contributed by atoms with Gasteiger partial charge in [-0.25, -0.2) is 8.42 Å². The number of carbonyl (C=O) groups excluding carboxylic acids is 1. The van der Waals surface area contributed by atoms with Gasteiger partial charge in [0.25, 0.3) is 0 Å². The van der Waals surface area contributed by atoms with Gasteiger partial charge in [0, 0.05) is 17.3 Å². The maximum absolute atomic E-state index is 13.3. The molecule has 1 aromatic heterocycles. The highest BCUT2D eigenvalue weighted by Crippen LogP contribution is 2.23. The minimum absolute atomic E-state index is 0.0345. The molecule has 0 aliphatic heterocycles. The number of nitrogens with one attached hydrogen (secondary N) is 1. The predicted molar refractivity (Wildman–Crippen MR) is 131 cm³/mol. The number of carbonyl (C=O) groups is 1. The lowest BCUT2D eigenvalue weighted by Crippen LogP contribution is -2.23. The Hall–Kier alpha value is -3.91. The van der Waals surface area contributed by atoms with Crippen LogP contribution in [0.25, 0.3) is 10.9 Å². The summed E-state index contributed by atoms with van der Waals surface area (Å²) < 4.78 is 33.2. The quantitative estimate of drug-likeness (QED) is 0.434. The van der Waals surface area contributed by atoms with E-state index in [1.165, 1.54) is 42.1 Å². The van der Waals surface area contributed by atoms with Crippen LogP contribution >= 0.6 is 0 Å². The van der Waals surface area contributed by atoms with Crippen LogP contribution in [0.4, 0.5) is 5.69 Å². The van der Waals surface area contributed by atoms with Crippen molar-refractivity contribution in [3.8, 4) is 5.75 Å². The van der Waals surface area contributed by atoms with E-state index in [1.807, 2.05) is 31.2 Å². The molecule has 1 N–H and O–H groups in total. The van der Waals surface area contributed by atoms with Crippen molar-refractivity contribution in [1.82, 2.24) is 4.57 Å². The lowest BCUT2D eigenvalue weighted by molar-refractivity contribution is -0.116. The Bertz CT molecular complexity index is 1510. The first kappa shape index (κ1) is 23.3. The fourth-order valence-corrected chi connectivity index (χ4v) is 5.07. The number of aromatic nitrogens is 1. The number of para-hydroxylation sites is 1. The molecule has 0 saturated heterocycles. The van der Waals surface area contributed by atoms with Crippen molar-refractivity contribution in [1.29, 1.82) is 0 Å². The van der Waals surface area contributed by atoms with Crippen LogP contribution in [0, 0.1) is 0 Å². The molecule has 0 unspecified atom stereocenters. The second-order valence-electron chi connectivity index (χ2n) is 7.75. The van der Waals surface area contributed by atoms with Crippen molar-refractivity contribution in [3.63, 3.8) is 0 Å². The van der Waals surface area contributed by atoms with Crippen LogP contribution in [0.15, 0.2) is 93.6 Å². The number of aryl methyl sites for hydroxylation is 1. The number of fused-ring (bicyclic) bond motifs is 1. The molecule has 0 bridgehead atoms. The largest absolute Gasteiger partial charge is 0.497 e. The van der Waals surface area contributed by atoms with Gasteiger partial charge in [-0.3, -0.25) is 9.59 Å². The molecule has 0 aliphatic rings. The van der Waals surface area contributed by atoms with Crippen LogP contribution in [0.2, 0.25) is 0 Å². The van der Waals surface area contributed by atoms with E-state index in [1.54, 1.807) is 24.3 Å². The Morgan fingerprint density at radius 1 is 0.971 bits per heavy atom. The molecule has 3 aromatic carbocycles. The summed E-state index contributed by atoms with van der Waals surface area (Å²) in [5.41, 5.74) is 1.65. The molecular formula is C26H24N2O5S. The molecule has 34 heavy (non-hydrogen) atoms. The molecule has 0 fully saturated rings. The number of benzene rings is 3. The van der Waals surface area contributed by atoms with Crippen LogP contribution in [0.5, 0.6) is 5.75 Å². The summed E-state index contributed by atoms with van der Waals surface area (Å²) in [6.45, 7) is 1.88. The molecule has 0 aliphatic carbocycles. The molecule has 0 atom stereocenters. The SMILES string of the molecule is CCc1ccc(NC(=O)Cn2cc(S(=O)(=O)c3ccc(OC)cc3)c(=O)c3ccccc32)cc1. The molecule has 4 rings (SSSR count). The normalized spacial score (nSPS) is 11.4. The summed E-state index contributed by atoms with van der Waals surface area (Å²) in [6, 6.07) is 20.0. The first-order valence-corrected chi connectivity index (χ1v) is 12.2. The van der Waals surface area contributed by atoms with Crippen LogP contribution in [0.3, 0.4) is 0 Å². The minimum Gasteiger partial charge on any atom is -0.497 e. The second kappa shape index (κ2) is 9.52. The molecular weight excluding hydrogens is 452 g/mol. The fourth-order valence-electron chi connectivity index (χ4n) is 3.70. The molecule has 0 radical (unpaired) electrons. The number of pyridine rings is 1. The summed E-state index contributed by atoms with van der Waals surface area (Å²) in [5, 5.41) is 3.04. The summed E-state index contributed by atoms with van der Waals surface area (Å²) >= 11 is 0. The van der Waals surface area contributed by atoms with Crippen LogP contribution < -0.4 is 15.5 Å². The van der Waals surface area contributed by atoms with E-state index in [4.69, 9.17) is 4.74 Å². The predicted octanol–water partition coefficient (Wildman–Crippen LogP) is 4.04. The van der Waals surface area contributed by atoms with Crippen LogP contribution in [-0.2, 0) is 27.6 Å². The van der Waals surface area contributed by atoms with Gasteiger partial charge in [0.05, 0.1) is 17.5 Å². The number of sulfone groups is 1. The van der Waals surface area contributed by atoms with Crippen molar-refractivity contribution in [2.75, 3.05) is 12.4 Å².